The number of benzene rings is 1. The van der Waals surface area contributed by atoms with Crippen molar-refractivity contribution in [1.29, 1.82) is 0 Å². The molecule has 3 heteroatoms. The minimum Gasteiger partial charge on any atom is -0.481 e. The van der Waals surface area contributed by atoms with Gasteiger partial charge in [-0.1, -0.05) is 60.2 Å². The first-order valence-corrected chi connectivity index (χ1v) is 8.09. The maximum absolute atomic E-state index is 11.2. The SMILES string of the molecule is CCC[C@@H](C(=O)O)c1ccc(CCCCI)cc1. The number of aliphatic carboxylic acids is 1. The van der Waals surface area contributed by atoms with E-state index >= 15 is 0 Å². The van der Waals surface area contributed by atoms with E-state index in [4.69, 9.17) is 0 Å². The van der Waals surface area contributed by atoms with Gasteiger partial charge in [0, 0.05) is 0 Å². The van der Waals surface area contributed by atoms with Crippen LogP contribution in [0.25, 0.3) is 0 Å². The number of aryl methyl sites for hydroxylation is 1. The Morgan fingerprint density at radius 2 is 1.94 bits per heavy atom. The van der Waals surface area contributed by atoms with E-state index in [-0.39, 0.29) is 5.92 Å². The molecule has 1 aromatic carbocycles. The molecule has 1 atom stereocenters. The quantitative estimate of drug-likeness (QED) is 0.424. The van der Waals surface area contributed by atoms with Crippen LogP contribution in [0.2, 0.25) is 0 Å². The van der Waals surface area contributed by atoms with Crippen LogP contribution in [-0.4, -0.2) is 15.5 Å². The second kappa shape index (κ2) is 8.51. The number of carbonyl (C=O) groups is 1. The van der Waals surface area contributed by atoms with Crippen molar-refractivity contribution in [1.82, 2.24) is 0 Å². The number of carboxylic acids is 1. The van der Waals surface area contributed by atoms with Crippen LogP contribution in [0.4, 0.5) is 0 Å². The van der Waals surface area contributed by atoms with Crippen molar-refractivity contribution in [2.24, 2.45) is 0 Å². The molecule has 0 aliphatic heterocycles. The Labute approximate surface area is 123 Å². The Bertz CT molecular complexity index is 359. The average Bonchev–Trinajstić information content (AvgIpc) is 2.37. The predicted octanol–water partition coefficient (Wildman–Crippen LogP) is 4.41. The standard InChI is InChI=1S/C15H21IO2/c1-2-5-14(15(17)18)13-9-7-12(8-10-13)6-3-4-11-16/h7-10,14H,2-6,11H2,1H3,(H,17,18)/t14-/m1/s1. The van der Waals surface area contributed by atoms with Gasteiger partial charge >= 0.3 is 5.97 Å². The molecule has 0 aliphatic carbocycles. The Balaban J connectivity index is 2.65. The van der Waals surface area contributed by atoms with Gasteiger partial charge in [-0.3, -0.25) is 4.79 Å². The molecule has 0 aromatic heterocycles. The van der Waals surface area contributed by atoms with Crippen LogP contribution in [0, 0.1) is 0 Å². The summed E-state index contributed by atoms with van der Waals surface area (Å²) in [7, 11) is 0. The van der Waals surface area contributed by atoms with Crippen LogP contribution < -0.4 is 0 Å². The molecule has 0 amide bonds. The molecule has 1 aromatic rings. The summed E-state index contributed by atoms with van der Waals surface area (Å²) in [6.07, 6.45) is 5.15. The van der Waals surface area contributed by atoms with E-state index < -0.39 is 5.97 Å². The summed E-state index contributed by atoms with van der Waals surface area (Å²) in [4.78, 5) is 11.2. The molecule has 1 rings (SSSR count). The normalized spacial score (nSPS) is 12.3. The molecule has 0 fully saturated rings. The molecule has 0 saturated carbocycles. The third-order valence-corrected chi connectivity index (χ3v) is 3.87. The minimum absolute atomic E-state index is 0.349. The van der Waals surface area contributed by atoms with Gasteiger partial charge in [0.05, 0.1) is 5.92 Å². The summed E-state index contributed by atoms with van der Waals surface area (Å²) in [5, 5.41) is 9.20. The van der Waals surface area contributed by atoms with E-state index in [0.717, 1.165) is 18.4 Å². The second-order valence-electron chi connectivity index (χ2n) is 4.57. The molecule has 18 heavy (non-hydrogen) atoms. The highest BCUT2D eigenvalue weighted by molar-refractivity contribution is 14.1. The zero-order chi connectivity index (χ0) is 13.4. The Morgan fingerprint density at radius 1 is 1.28 bits per heavy atom. The third-order valence-electron chi connectivity index (χ3n) is 3.11. The van der Waals surface area contributed by atoms with Gasteiger partial charge < -0.3 is 5.11 Å². The number of hydrogen-bond donors (Lipinski definition) is 1. The van der Waals surface area contributed by atoms with Crippen LogP contribution in [-0.2, 0) is 11.2 Å². The number of hydrogen-bond acceptors (Lipinski definition) is 1. The summed E-state index contributed by atoms with van der Waals surface area (Å²) in [5.41, 5.74) is 2.24. The first-order valence-electron chi connectivity index (χ1n) is 6.56. The molecule has 0 spiro atoms. The Kier molecular flexibility index (Phi) is 7.32. The summed E-state index contributed by atoms with van der Waals surface area (Å²) in [5.74, 6) is -1.06. The molecule has 1 N–H and O–H groups in total. The van der Waals surface area contributed by atoms with Crippen LogP contribution >= 0.6 is 22.6 Å². The summed E-state index contributed by atoms with van der Waals surface area (Å²) < 4.78 is 1.20. The van der Waals surface area contributed by atoms with E-state index in [2.05, 4.69) is 34.7 Å². The Hall–Kier alpha value is -0.580. The zero-order valence-electron chi connectivity index (χ0n) is 10.9. The average molecular weight is 360 g/mol. The van der Waals surface area contributed by atoms with Gasteiger partial charge in [-0.25, -0.2) is 0 Å². The van der Waals surface area contributed by atoms with Crippen molar-refractivity contribution >= 4 is 28.6 Å². The van der Waals surface area contributed by atoms with Gasteiger partial charge in [-0.2, -0.15) is 0 Å². The summed E-state index contributed by atoms with van der Waals surface area (Å²) >= 11 is 2.40. The topological polar surface area (TPSA) is 37.3 Å². The maximum Gasteiger partial charge on any atom is 0.310 e. The lowest BCUT2D eigenvalue weighted by molar-refractivity contribution is -0.139. The Morgan fingerprint density at radius 3 is 2.44 bits per heavy atom. The number of rotatable bonds is 8. The lowest BCUT2D eigenvalue weighted by Gasteiger charge is -2.12. The smallest absolute Gasteiger partial charge is 0.310 e. The van der Waals surface area contributed by atoms with Crippen LogP contribution in [0.5, 0.6) is 0 Å². The maximum atomic E-state index is 11.2. The number of alkyl halides is 1. The fourth-order valence-electron chi connectivity index (χ4n) is 2.06. The summed E-state index contributed by atoms with van der Waals surface area (Å²) in [6.45, 7) is 2.02. The van der Waals surface area contributed by atoms with Gasteiger partial charge in [0.2, 0.25) is 0 Å². The van der Waals surface area contributed by atoms with Crippen molar-refractivity contribution in [3.05, 3.63) is 35.4 Å². The van der Waals surface area contributed by atoms with Crippen molar-refractivity contribution < 1.29 is 9.90 Å². The van der Waals surface area contributed by atoms with Gasteiger partial charge in [0.1, 0.15) is 0 Å². The van der Waals surface area contributed by atoms with Crippen molar-refractivity contribution in [3.8, 4) is 0 Å². The van der Waals surface area contributed by atoms with Gasteiger partial charge in [-0.15, -0.1) is 0 Å². The predicted molar refractivity (Wildman–Crippen MR) is 83.6 cm³/mol. The molecule has 0 bridgehead atoms. The monoisotopic (exact) mass is 360 g/mol. The molecular weight excluding hydrogens is 339 g/mol. The van der Waals surface area contributed by atoms with Gasteiger partial charge in [-0.05, 0) is 41.2 Å². The van der Waals surface area contributed by atoms with E-state index in [1.54, 1.807) is 0 Å². The highest BCUT2D eigenvalue weighted by atomic mass is 127. The molecule has 0 saturated heterocycles. The van der Waals surface area contributed by atoms with Crippen LogP contribution in [0.15, 0.2) is 24.3 Å². The van der Waals surface area contributed by atoms with E-state index in [1.807, 2.05) is 19.1 Å². The molecule has 0 unspecified atom stereocenters. The van der Waals surface area contributed by atoms with E-state index in [9.17, 15) is 9.90 Å². The third kappa shape index (κ3) is 4.96. The van der Waals surface area contributed by atoms with Crippen LogP contribution in [0.3, 0.4) is 0 Å². The molecule has 0 radical (unpaired) electrons. The largest absolute Gasteiger partial charge is 0.481 e. The fourth-order valence-corrected chi connectivity index (χ4v) is 2.60. The van der Waals surface area contributed by atoms with E-state index in [1.165, 1.54) is 22.8 Å². The molecule has 0 heterocycles. The highest BCUT2D eigenvalue weighted by Crippen LogP contribution is 2.22. The lowest BCUT2D eigenvalue weighted by Crippen LogP contribution is -2.11. The van der Waals surface area contributed by atoms with E-state index in [0.29, 0.717) is 6.42 Å². The first kappa shape index (κ1) is 15.5. The van der Waals surface area contributed by atoms with Crippen molar-refractivity contribution in [2.75, 3.05) is 4.43 Å². The second-order valence-corrected chi connectivity index (χ2v) is 5.65. The number of halogens is 1. The zero-order valence-corrected chi connectivity index (χ0v) is 13.0. The van der Waals surface area contributed by atoms with Gasteiger partial charge in [0.25, 0.3) is 0 Å². The first-order chi connectivity index (χ1) is 8.69. The summed E-state index contributed by atoms with van der Waals surface area (Å²) in [6, 6.07) is 8.12. The number of carboxylic acid groups (broad SMARTS) is 1. The molecular formula is C15H21IO2. The lowest BCUT2D eigenvalue weighted by atomic mass is 9.93. The number of unbranched alkanes of at least 4 members (excludes halogenated alkanes) is 1. The van der Waals surface area contributed by atoms with Gasteiger partial charge in [0.15, 0.2) is 0 Å². The molecule has 2 nitrogen and oxygen atoms in total. The van der Waals surface area contributed by atoms with Crippen LogP contribution in [0.1, 0.15) is 49.7 Å². The fraction of sp³-hybridized carbons (Fsp3) is 0.533. The minimum atomic E-state index is -0.713. The highest BCUT2D eigenvalue weighted by Gasteiger charge is 2.18. The molecule has 100 valence electrons. The van der Waals surface area contributed by atoms with Crippen molar-refractivity contribution in [2.45, 2.75) is 44.9 Å². The van der Waals surface area contributed by atoms with Crippen molar-refractivity contribution in [3.63, 3.8) is 0 Å². The molecule has 0 aliphatic rings.